The van der Waals surface area contributed by atoms with Gasteiger partial charge in [0.05, 0.1) is 0 Å². The van der Waals surface area contributed by atoms with E-state index in [4.69, 9.17) is 4.74 Å². The number of hydrogen-bond donors (Lipinski definition) is 1. The summed E-state index contributed by atoms with van der Waals surface area (Å²) in [6.07, 6.45) is 34.2. The minimum absolute atomic E-state index is 0.0172. The van der Waals surface area contributed by atoms with E-state index in [1.807, 2.05) is 0 Å². The number of carbonyl (C=O) groups excluding carboxylic acids is 1. The van der Waals surface area contributed by atoms with Crippen molar-refractivity contribution in [2.75, 3.05) is 14.1 Å². The first-order valence-corrected chi connectivity index (χ1v) is 18.0. The molecule has 0 spiro atoms. The summed E-state index contributed by atoms with van der Waals surface area (Å²) in [5.41, 5.74) is 0. The molecular formula is C36H71NO4. The highest BCUT2D eigenvalue weighted by molar-refractivity contribution is 5.75. The normalized spacial score (nSPS) is 12.3. The topological polar surface area (TPSA) is 66.8 Å². The Balaban J connectivity index is 4.21. The zero-order valence-electron chi connectivity index (χ0n) is 28.1. The highest BCUT2D eigenvalue weighted by Crippen LogP contribution is 2.19. The number of ether oxygens (including phenoxy) is 1. The number of carboxylic acid groups (broad SMARTS) is 1. The molecule has 0 bridgehead atoms. The van der Waals surface area contributed by atoms with Gasteiger partial charge in [0, 0.05) is 6.42 Å². The van der Waals surface area contributed by atoms with Crippen molar-refractivity contribution in [3.05, 3.63) is 0 Å². The fraction of sp³-hybridized carbons (Fsp3) is 0.944. The van der Waals surface area contributed by atoms with E-state index in [9.17, 15) is 14.7 Å². The highest BCUT2D eigenvalue weighted by Gasteiger charge is 2.22. The standard InChI is InChI=1S/C36H71NO4/c1-5-7-9-11-13-15-17-19-21-23-25-27-29-33(41-35(38)32-31-34(36(39)40)37(3)4)30-28-26-24-22-20-18-16-14-12-10-8-6-2/h33-34H,5-32H2,1-4H3,(H,39,40). The molecule has 0 amide bonds. The van der Waals surface area contributed by atoms with Crippen LogP contribution in [0, 0.1) is 0 Å². The van der Waals surface area contributed by atoms with Crippen LogP contribution < -0.4 is 0 Å². The van der Waals surface area contributed by atoms with E-state index in [1.165, 1.54) is 141 Å². The Labute approximate surface area is 256 Å². The summed E-state index contributed by atoms with van der Waals surface area (Å²) in [6.45, 7) is 4.54. The van der Waals surface area contributed by atoms with Crippen molar-refractivity contribution in [1.29, 1.82) is 0 Å². The lowest BCUT2D eigenvalue weighted by molar-refractivity contribution is -0.151. The zero-order valence-corrected chi connectivity index (χ0v) is 28.1. The van der Waals surface area contributed by atoms with E-state index in [0.717, 1.165) is 25.7 Å². The summed E-state index contributed by atoms with van der Waals surface area (Å²) >= 11 is 0. The van der Waals surface area contributed by atoms with Gasteiger partial charge in [-0.15, -0.1) is 0 Å². The van der Waals surface area contributed by atoms with Gasteiger partial charge in [-0.05, 0) is 46.2 Å². The minimum atomic E-state index is -0.882. The first kappa shape index (κ1) is 39.9. The summed E-state index contributed by atoms with van der Waals surface area (Å²) < 4.78 is 5.91. The molecule has 0 aliphatic heterocycles. The van der Waals surface area contributed by atoms with Crippen LogP contribution in [-0.4, -0.2) is 48.2 Å². The lowest BCUT2D eigenvalue weighted by atomic mass is 10.0. The van der Waals surface area contributed by atoms with Gasteiger partial charge in [0.2, 0.25) is 0 Å². The van der Waals surface area contributed by atoms with Crippen molar-refractivity contribution in [2.24, 2.45) is 0 Å². The van der Waals surface area contributed by atoms with Crippen LogP contribution in [0.1, 0.15) is 194 Å². The van der Waals surface area contributed by atoms with E-state index in [1.54, 1.807) is 19.0 Å². The van der Waals surface area contributed by atoms with Crippen LogP contribution in [0.3, 0.4) is 0 Å². The number of carbonyl (C=O) groups is 2. The third-order valence-electron chi connectivity index (χ3n) is 8.59. The molecule has 5 heteroatoms. The predicted octanol–water partition coefficient (Wildman–Crippen LogP) is 10.9. The fourth-order valence-corrected chi connectivity index (χ4v) is 5.79. The third-order valence-corrected chi connectivity index (χ3v) is 8.59. The Morgan fingerprint density at radius 1 is 0.537 bits per heavy atom. The SMILES string of the molecule is CCCCCCCCCCCCCCC(CCCCCCCCCCCCCC)OC(=O)CCC(C(=O)O)N(C)C. The maximum Gasteiger partial charge on any atom is 0.320 e. The van der Waals surface area contributed by atoms with Gasteiger partial charge in [-0.25, -0.2) is 0 Å². The molecule has 0 rings (SSSR count). The van der Waals surface area contributed by atoms with Crippen molar-refractivity contribution in [2.45, 2.75) is 206 Å². The Kier molecular flexibility index (Phi) is 29.5. The molecule has 0 aliphatic carbocycles. The van der Waals surface area contributed by atoms with E-state index in [2.05, 4.69) is 13.8 Å². The van der Waals surface area contributed by atoms with Gasteiger partial charge in [0.1, 0.15) is 12.1 Å². The van der Waals surface area contributed by atoms with Gasteiger partial charge in [0.15, 0.2) is 0 Å². The second kappa shape index (κ2) is 30.4. The quantitative estimate of drug-likeness (QED) is 0.0632. The number of aliphatic carboxylic acids is 1. The number of hydrogen-bond acceptors (Lipinski definition) is 4. The molecule has 0 aromatic rings. The summed E-state index contributed by atoms with van der Waals surface area (Å²) in [5, 5.41) is 9.40. The van der Waals surface area contributed by atoms with Gasteiger partial charge in [-0.2, -0.15) is 0 Å². The number of nitrogens with zero attached hydrogens (tertiary/aromatic N) is 1. The van der Waals surface area contributed by atoms with Gasteiger partial charge in [-0.1, -0.05) is 155 Å². The maximum atomic E-state index is 12.6. The monoisotopic (exact) mass is 582 g/mol. The summed E-state index contributed by atoms with van der Waals surface area (Å²) in [5.74, 6) is -1.12. The second-order valence-electron chi connectivity index (χ2n) is 12.8. The first-order chi connectivity index (χ1) is 19.9. The van der Waals surface area contributed by atoms with Crippen molar-refractivity contribution in [3.63, 3.8) is 0 Å². The molecule has 1 unspecified atom stereocenters. The van der Waals surface area contributed by atoms with Crippen LogP contribution in [0.15, 0.2) is 0 Å². The van der Waals surface area contributed by atoms with Crippen molar-refractivity contribution in [3.8, 4) is 0 Å². The molecule has 0 fully saturated rings. The summed E-state index contributed by atoms with van der Waals surface area (Å²) in [6, 6.07) is -0.645. The van der Waals surface area contributed by atoms with Gasteiger partial charge in [-0.3, -0.25) is 14.5 Å². The van der Waals surface area contributed by atoms with Crippen LogP contribution in [0.2, 0.25) is 0 Å². The maximum absolute atomic E-state index is 12.6. The Morgan fingerprint density at radius 3 is 1.15 bits per heavy atom. The fourth-order valence-electron chi connectivity index (χ4n) is 5.79. The molecule has 0 aliphatic rings. The van der Waals surface area contributed by atoms with Crippen molar-refractivity contribution >= 4 is 11.9 Å². The number of likely N-dealkylation sites (N-methyl/N-ethyl adjacent to an activating group) is 1. The van der Waals surface area contributed by atoms with Crippen LogP contribution in [0.4, 0.5) is 0 Å². The molecule has 0 saturated heterocycles. The first-order valence-electron chi connectivity index (χ1n) is 18.0. The third kappa shape index (κ3) is 27.5. The summed E-state index contributed by atoms with van der Waals surface area (Å²) in [7, 11) is 3.49. The van der Waals surface area contributed by atoms with Crippen LogP contribution in [-0.2, 0) is 14.3 Å². The Hall–Kier alpha value is -1.10. The number of rotatable bonds is 32. The van der Waals surface area contributed by atoms with Gasteiger partial charge >= 0.3 is 11.9 Å². The van der Waals surface area contributed by atoms with E-state index in [-0.39, 0.29) is 18.5 Å². The van der Waals surface area contributed by atoms with Crippen LogP contribution in [0.25, 0.3) is 0 Å². The Bertz CT molecular complexity index is 552. The van der Waals surface area contributed by atoms with Gasteiger partial charge < -0.3 is 9.84 Å². The molecule has 41 heavy (non-hydrogen) atoms. The lowest BCUT2D eigenvalue weighted by Crippen LogP contribution is -2.36. The van der Waals surface area contributed by atoms with E-state index in [0.29, 0.717) is 6.42 Å². The van der Waals surface area contributed by atoms with Crippen LogP contribution in [0.5, 0.6) is 0 Å². The summed E-state index contributed by atoms with van der Waals surface area (Å²) in [4.78, 5) is 25.7. The van der Waals surface area contributed by atoms with Gasteiger partial charge in [0.25, 0.3) is 0 Å². The number of carboxylic acids is 1. The average molecular weight is 582 g/mol. The smallest absolute Gasteiger partial charge is 0.320 e. The molecule has 5 nitrogen and oxygen atoms in total. The predicted molar refractivity (Wildman–Crippen MR) is 176 cm³/mol. The highest BCUT2D eigenvalue weighted by atomic mass is 16.5. The second-order valence-corrected chi connectivity index (χ2v) is 12.8. The van der Waals surface area contributed by atoms with Crippen LogP contribution >= 0.6 is 0 Å². The average Bonchev–Trinajstić information content (AvgIpc) is 2.93. The minimum Gasteiger partial charge on any atom is -0.480 e. The molecule has 0 saturated carbocycles. The van der Waals surface area contributed by atoms with Crippen molar-refractivity contribution < 1.29 is 19.4 Å². The molecule has 0 radical (unpaired) electrons. The molecule has 0 heterocycles. The van der Waals surface area contributed by atoms with Crippen molar-refractivity contribution in [1.82, 2.24) is 4.90 Å². The molecule has 0 aromatic heterocycles. The zero-order chi connectivity index (χ0) is 30.4. The lowest BCUT2D eigenvalue weighted by Gasteiger charge is -2.21. The molecule has 0 aromatic carbocycles. The number of unbranched alkanes of at least 4 members (excludes halogenated alkanes) is 22. The molecule has 244 valence electrons. The van der Waals surface area contributed by atoms with E-state index < -0.39 is 12.0 Å². The largest absolute Gasteiger partial charge is 0.480 e. The van der Waals surface area contributed by atoms with E-state index >= 15 is 0 Å². The number of esters is 1. The Morgan fingerprint density at radius 2 is 0.854 bits per heavy atom. The molecule has 1 atom stereocenters. The molecule has 1 N–H and O–H groups in total. The molecular weight excluding hydrogens is 510 g/mol.